The van der Waals surface area contributed by atoms with E-state index in [2.05, 4.69) is 40.0 Å². The second kappa shape index (κ2) is 5.75. The maximum Gasteiger partial charge on any atom is 0.0573 e. The summed E-state index contributed by atoms with van der Waals surface area (Å²) >= 11 is 0. The van der Waals surface area contributed by atoms with Crippen molar-refractivity contribution in [1.82, 2.24) is 20.1 Å². The zero-order valence-electron chi connectivity index (χ0n) is 12.3. The fraction of sp³-hybridized carbons (Fsp3) is 0.500. The molecule has 0 spiro atoms. The van der Waals surface area contributed by atoms with Crippen LogP contribution < -0.4 is 0 Å². The summed E-state index contributed by atoms with van der Waals surface area (Å²) in [6.07, 6.45) is 7.59. The normalized spacial score (nSPS) is 20.2. The van der Waals surface area contributed by atoms with E-state index in [0.717, 1.165) is 13.1 Å². The van der Waals surface area contributed by atoms with E-state index in [0.29, 0.717) is 6.04 Å². The van der Waals surface area contributed by atoms with E-state index in [1.54, 1.807) is 0 Å². The van der Waals surface area contributed by atoms with Gasteiger partial charge in [0, 0.05) is 12.7 Å². The van der Waals surface area contributed by atoms with Crippen molar-refractivity contribution in [2.75, 3.05) is 6.54 Å². The number of pyridine rings is 1. The predicted octanol–water partition coefficient (Wildman–Crippen LogP) is 3.15. The fourth-order valence-electron chi connectivity index (χ4n) is 3.08. The van der Waals surface area contributed by atoms with E-state index in [4.69, 9.17) is 0 Å². The molecule has 1 aliphatic rings. The number of H-pyrrole nitrogens is 1. The Morgan fingerprint density at radius 3 is 2.95 bits per heavy atom. The monoisotopic (exact) mass is 270 g/mol. The molecule has 1 aliphatic heterocycles. The van der Waals surface area contributed by atoms with Crippen LogP contribution in [0.3, 0.4) is 0 Å². The third-order valence-electron chi connectivity index (χ3n) is 4.29. The first-order valence-corrected chi connectivity index (χ1v) is 7.40. The number of aromatic amines is 1. The van der Waals surface area contributed by atoms with Crippen LogP contribution in [0.4, 0.5) is 0 Å². The molecule has 3 rings (SSSR count). The fourth-order valence-corrected chi connectivity index (χ4v) is 3.08. The van der Waals surface area contributed by atoms with Crippen LogP contribution in [0.15, 0.2) is 24.5 Å². The second-order valence-corrected chi connectivity index (χ2v) is 5.72. The van der Waals surface area contributed by atoms with Crippen molar-refractivity contribution in [3.63, 3.8) is 0 Å². The first-order valence-electron chi connectivity index (χ1n) is 7.40. The number of hydrogen-bond acceptors (Lipinski definition) is 3. The van der Waals surface area contributed by atoms with Crippen molar-refractivity contribution in [3.05, 3.63) is 47.0 Å². The van der Waals surface area contributed by atoms with Gasteiger partial charge in [-0.1, -0.05) is 12.5 Å². The lowest BCUT2D eigenvalue weighted by Gasteiger charge is -2.35. The average Bonchev–Trinajstić information content (AvgIpc) is 2.88. The molecule has 4 nitrogen and oxygen atoms in total. The van der Waals surface area contributed by atoms with Crippen molar-refractivity contribution < 1.29 is 0 Å². The molecule has 1 atom stereocenters. The summed E-state index contributed by atoms with van der Waals surface area (Å²) in [7, 11) is 0. The first kappa shape index (κ1) is 13.3. The number of aryl methyl sites for hydroxylation is 2. The van der Waals surface area contributed by atoms with Crippen LogP contribution in [-0.2, 0) is 6.54 Å². The van der Waals surface area contributed by atoms with Crippen molar-refractivity contribution >= 4 is 0 Å². The molecule has 0 radical (unpaired) electrons. The molecule has 0 aromatic carbocycles. The minimum absolute atomic E-state index is 0.452. The molecule has 2 aromatic rings. The summed E-state index contributed by atoms with van der Waals surface area (Å²) in [6, 6.07) is 4.60. The Kier molecular flexibility index (Phi) is 3.83. The van der Waals surface area contributed by atoms with Crippen LogP contribution >= 0.6 is 0 Å². The molecule has 1 unspecified atom stereocenters. The third kappa shape index (κ3) is 2.61. The molecule has 0 saturated carbocycles. The zero-order chi connectivity index (χ0) is 13.9. The highest BCUT2D eigenvalue weighted by Crippen LogP contribution is 2.32. The number of nitrogens with zero attached hydrogens (tertiary/aromatic N) is 3. The lowest BCUT2D eigenvalue weighted by Crippen LogP contribution is -2.34. The van der Waals surface area contributed by atoms with Crippen LogP contribution in [0.5, 0.6) is 0 Å². The molecule has 0 amide bonds. The summed E-state index contributed by atoms with van der Waals surface area (Å²) in [5, 5.41) is 7.38. The molecular weight excluding hydrogens is 248 g/mol. The minimum Gasteiger partial charge on any atom is -0.289 e. The standard InChI is InChI=1S/C16H22N4/c1-12-6-5-8-17-14(12)11-20-9-4-3-7-15(20)16-13(2)10-18-19-16/h5-6,8,10,15H,3-4,7,9,11H2,1-2H3,(H,18,19). The minimum atomic E-state index is 0.452. The molecule has 20 heavy (non-hydrogen) atoms. The highest BCUT2D eigenvalue weighted by molar-refractivity contribution is 5.21. The van der Waals surface area contributed by atoms with E-state index in [1.807, 2.05) is 18.5 Å². The summed E-state index contributed by atoms with van der Waals surface area (Å²) in [4.78, 5) is 7.08. The van der Waals surface area contributed by atoms with Crippen molar-refractivity contribution in [2.24, 2.45) is 0 Å². The lowest BCUT2D eigenvalue weighted by atomic mass is 9.97. The van der Waals surface area contributed by atoms with E-state index < -0.39 is 0 Å². The predicted molar refractivity (Wildman–Crippen MR) is 79.3 cm³/mol. The van der Waals surface area contributed by atoms with Gasteiger partial charge in [0.25, 0.3) is 0 Å². The molecule has 2 aromatic heterocycles. The van der Waals surface area contributed by atoms with Gasteiger partial charge in [0.1, 0.15) is 0 Å². The zero-order valence-corrected chi connectivity index (χ0v) is 12.3. The SMILES string of the molecule is Cc1cccnc1CN1CCCCC1c1[nH]ncc1C. The Bertz CT molecular complexity index is 575. The Morgan fingerprint density at radius 2 is 2.20 bits per heavy atom. The first-order chi connectivity index (χ1) is 9.75. The smallest absolute Gasteiger partial charge is 0.0573 e. The number of aromatic nitrogens is 3. The molecule has 106 valence electrons. The molecular formula is C16H22N4. The van der Waals surface area contributed by atoms with E-state index in [1.165, 1.54) is 41.8 Å². The molecule has 0 bridgehead atoms. The average molecular weight is 270 g/mol. The van der Waals surface area contributed by atoms with E-state index in [9.17, 15) is 0 Å². The maximum absolute atomic E-state index is 4.54. The van der Waals surface area contributed by atoms with E-state index in [-0.39, 0.29) is 0 Å². The Hall–Kier alpha value is -1.68. The number of hydrogen-bond donors (Lipinski definition) is 1. The van der Waals surface area contributed by atoms with Gasteiger partial charge < -0.3 is 0 Å². The van der Waals surface area contributed by atoms with Crippen LogP contribution in [-0.4, -0.2) is 26.6 Å². The van der Waals surface area contributed by atoms with Gasteiger partial charge in [0.05, 0.1) is 23.6 Å². The van der Waals surface area contributed by atoms with Gasteiger partial charge in [-0.3, -0.25) is 15.0 Å². The molecule has 1 saturated heterocycles. The quantitative estimate of drug-likeness (QED) is 0.932. The number of rotatable bonds is 3. The summed E-state index contributed by atoms with van der Waals surface area (Å²) in [5.74, 6) is 0. The summed E-state index contributed by atoms with van der Waals surface area (Å²) in [5.41, 5.74) is 5.01. The van der Waals surface area contributed by atoms with Crippen molar-refractivity contribution in [2.45, 2.75) is 45.7 Å². The Balaban J connectivity index is 1.83. The van der Waals surface area contributed by atoms with Crippen LogP contribution in [0.2, 0.25) is 0 Å². The highest BCUT2D eigenvalue weighted by atomic mass is 15.2. The van der Waals surface area contributed by atoms with Crippen molar-refractivity contribution in [3.8, 4) is 0 Å². The molecule has 0 aliphatic carbocycles. The summed E-state index contributed by atoms with van der Waals surface area (Å²) in [6.45, 7) is 6.34. The molecule has 3 heterocycles. The van der Waals surface area contributed by atoms with Crippen molar-refractivity contribution in [1.29, 1.82) is 0 Å². The van der Waals surface area contributed by atoms with Gasteiger partial charge in [-0.05, 0) is 50.4 Å². The molecule has 1 fully saturated rings. The number of likely N-dealkylation sites (tertiary alicyclic amines) is 1. The van der Waals surface area contributed by atoms with Gasteiger partial charge in [-0.15, -0.1) is 0 Å². The van der Waals surface area contributed by atoms with Gasteiger partial charge in [-0.25, -0.2) is 0 Å². The van der Waals surface area contributed by atoms with E-state index >= 15 is 0 Å². The largest absolute Gasteiger partial charge is 0.289 e. The maximum atomic E-state index is 4.54. The van der Waals surface area contributed by atoms with Gasteiger partial charge in [0.15, 0.2) is 0 Å². The highest BCUT2D eigenvalue weighted by Gasteiger charge is 2.26. The lowest BCUT2D eigenvalue weighted by molar-refractivity contribution is 0.135. The summed E-state index contributed by atoms with van der Waals surface area (Å²) < 4.78 is 0. The van der Waals surface area contributed by atoms with Gasteiger partial charge >= 0.3 is 0 Å². The van der Waals surface area contributed by atoms with Gasteiger partial charge in [-0.2, -0.15) is 5.10 Å². The van der Waals surface area contributed by atoms with Crippen LogP contribution in [0, 0.1) is 13.8 Å². The topological polar surface area (TPSA) is 44.8 Å². The van der Waals surface area contributed by atoms with Crippen LogP contribution in [0.25, 0.3) is 0 Å². The molecule has 4 heteroatoms. The number of piperidine rings is 1. The Labute approximate surface area is 120 Å². The van der Waals surface area contributed by atoms with Gasteiger partial charge in [0.2, 0.25) is 0 Å². The van der Waals surface area contributed by atoms with Crippen LogP contribution in [0.1, 0.15) is 47.8 Å². The third-order valence-corrected chi connectivity index (χ3v) is 4.29. The number of nitrogens with one attached hydrogen (secondary N) is 1. The Morgan fingerprint density at radius 1 is 1.30 bits per heavy atom. The second-order valence-electron chi connectivity index (χ2n) is 5.72. The molecule has 1 N–H and O–H groups in total.